The molecule has 4 atom stereocenters. The molecule has 4 nitrogen and oxygen atoms in total. The normalized spacial score (nSPS) is 32.6. The monoisotopic (exact) mass is 279 g/mol. The molecule has 1 heterocycles. The first-order valence-corrected chi connectivity index (χ1v) is 7.13. The predicted molar refractivity (Wildman–Crippen MR) is 74.9 cm³/mol. The minimum Gasteiger partial charge on any atom is -0.327 e. The van der Waals surface area contributed by atoms with Gasteiger partial charge in [-0.05, 0) is 50.2 Å². The van der Waals surface area contributed by atoms with Crippen molar-refractivity contribution in [3.63, 3.8) is 0 Å². The van der Waals surface area contributed by atoms with Crippen LogP contribution in [0.5, 0.6) is 0 Å². The van der Waals surface area contributed by atoms with Gasteiger partial charge in [-0.3, -0.25) is 4.79 Å². The van der Waals surface area contributed by atoms with Gasteiger partial charge in [0.2, 0.25) is 5.91 Å². The fourth-order valence-corrected chi connectivity index (χ4v) is 3.79. The van der Waals surface area contributed by atoms with Gasteiger partial charge in [-0.15, -0.1) is 0 Å². The number of hydrogen-bond acceptors (Lipinski definition) is 3. The second-order valence-corrected chi connectivity index (χ2v) is 6.08. The number of nitrogens with two attached hydrogens (primary N) is 1. The van der Waals surface area contributed by atoms with Gasteiger partial charge < -0.3 is 11.1 Å². The minimum absolute atomic E-state index is 0.0133. The lowest BCUT2D eigenvalue weighted by Crippen LogP contribution is -2.42. The highest BCUT2D eigenvalue weighted by atomic mass is 35.5. The number of halogens is 1. The number of hydrogen-bond donors (Lipinski definition) is 2. The number of pyridine rings is 1. The summed E-state index contributed by atoms with van der Waals surface area (Å²) in [7, 11) is 0. The number of anilines is 1. The average Bonchev–Trinajstić information content (AvgIpc) is 2.93. The van der Waals surface area contributed by atoms with Crippen molar-refractivity contribution < 1.29 is 4.79 Å². The summed E-state index contributed by atoms with van der Waals surface area (Å²) in [5.74, 6) is 0.978. The second kappa shape index (κ2) is 4.76. The van der Waals surface area contributed by atoms with E-state index in [-0.39, 0.29) is 17.9 Å². The van der Waals surface area contributed by atoms with E-state index in [0.717, 1.165) is 24.2 Å². The molecule has 0 aromatic carbocycles. The summed E-state index contributed by atoms with van der Waals surface area (Å²) in [5.41, 5.74) is 7.64. The number of aryl methyl sites for hydroxylation is 1. The van der Waals surface area contributed by atoms with Crippen LogP contribution < -0.4 is 11.1 Å². The molecule has 2 aliphatic rings. The number of nitrogens with one attached hydrogen (secondary N) is 1. The maximum absolute atomic E-state index is 12.4. The summed E-state index contributed by atoms with van der Waals surface area (Å²) in [6, 6.07) is 3.49. The molecule has 1 aromatic rings. The average molecular weight is 280 g/mol. The zero-order valence-corrected chi connectivity index (χ0v) is 11.7. The van der Waals surface area contributed by atoms with Gasteiger partial charge >= 0.3 is 0 Å². The van der Waals surface area contributed by atoms with Crippen molar-refractivity contribution in [3.05, 3.63) is 23.0 Å². The van der Waals surface area contributed by atoms with Gasteiger partial charge in [0, 0.05) is 6.04 Å². The van der Waals surface area contributed by atoms with Crippen LogP contribution in [0.4, 0.5) is 5.69 Å². The van der Waals surface area contributed by atoms with E-state index < -0.39 is 0 Å². The first-order valence-electron chi connectivity index (χ1n) is 6.76. The maximum Gasteiger partial charge on any atom is 0.229 e. The van der Waals surface area contributed by atoms with E-state index in [1.54, 1.807) is 12.1 Å². The third-order valence-electron chi connectivity index (χ3n) is 4.59. The predicted octanol–water partition coefficient (Wildman–Crippen LogP) is 2.36. The molecule has 1 aromatic heterocycles. The first kappa shape index (κ1) is 12.9. The summed E-state index contributed by atoms with van der Waals surface area (Å²) in [6.45, 7) is 1.84. The first-order chi connectivity index (χ1) is 9.06. The molecule has 2 fully saturated rings. The number of rotatable bonds is 2. The molecule has 0 saturated heterocycles. The van der Waals surface area contributed by atoms with Crippen LogP contribution in [0, 0.1) is 24.7 Å². The molecule has 1 amide bonds. The van der Waals surface area contributed by atoms with Crippen molar-refractivity contribution >= 4 is 23.2 Å². The molecule has 0 radical (unpaired) electrons. The molecule has 102 valence electrons. The van der Waals surface area contributed by atoms with E-state index in [1.165, 1.54) is 6.42 Å². The van der Waals surface area contributed by atoms with Crippen LogP contribution in [-0.2, 0) is 4.79 Å². The Labute approximate surface area is 117 Å². The van der Waals surface area contributed by atoms with E-state index >= 15 is 0 Å². The number of fused-ring (bicyclic) bond motifs is 2. The molecular formula is C14H18ClN3O. The fourth-order valence-electron chi connectivity index (χ4n) is 3.60. The van der Waals surface area contributed by atoms with Crippen LogP contribution in [0.25, 0.3) is 0 Å². The number of amides is 1. The Bertz CT molecular complexity index is 517. The van der Waals surface area contributed by atoms with Crippen molar-refractivity contribution in [2.45, 2.75) is 32.2 Å². The zero-order chi connectivity index (χ0) is 13.6. The van der Waals surface area contributed by atoms with Crippen molar-refractivity contribution in [2.75, 3.05) is 5.32 Å². The number of aromatic nitrogens is 1. The van der Waals surface area contributed by atoms with Crippen molar-refractivity contribution in [1.82, 2.24) is 4.98 Å². The Morgan fingerprint density at radius 3 is 2.79 bits per heavy atom. The van der Waals surface area contributed by atoms with E-state index in [0.29, 0.717) is 17.0 Å². The molecule has 2 saturated carbocycles. The molecule has 2 bridgehead atoms. The Balaban J connectivity index is 1.75. The number of carbonyl (C=O) groups excluding carboxylic acids is 1. The molecule has 19 heavy (non-hydrogen) atoms. The lowest BCUT2D eigenvalue weighted by atomic mass is 9.84. The fraction of sp³-hybridized carbons (Fsp3) is 0.571. The summed E-state index contributed by atoms with van der Waals surface area (Å²) >= 11 is 5.81. The standard InChI is InChI=1S/C14H18ClN3O/c1-7-10(4-5-11(15)17-7)18-14(19)12-8-2-3-9(6-8)13(12)16/h4-5,8-9,12-13H,2-3,6,16H2,1H3,(H,18,19). The summed E-state index contributed by atoms with van der Waals surface area (Å²) < 4.78 is 0. The van der Waals surface area contributed by atoms with Crippen LogP contribution >= 0.6 is 11.6 Å². The largest absolute Gasteiger partial charge is 0.327 e. The van der Waals surface area contributed by atoms with Gasteiger partial charge in [-0.2, -0.15) is 0 Å². The quantitative estimate of drug-likeness (QED) is 0.817. The highest BCUT2D eigenvalue weighted by Gasteiger charge is 2.49. The van der Waals surface area contributed by atoms with Gasteiger partial charge in [-0.25, -0.2) is 4.98 Å². The van der Waals surface area contributed by atoms with Crippen LogP contribution in [-0.4, -0.2) is 16.9 Å². The van der Waals surface area contributed by atoms with Crippen LogP contribution in [0.3, 0.4) is 0 Å². The van der Waals surface area contributed by atoms with Gasteiger partial charge in [0.25, 0.3) is 0 Å². The van der Waals surface area contributed by atoms with Gasteiger partial charge in [0.1, 0.15) is 5.15 Å². The van der Waals surface area contributed by atoms with Crippen molar-refractivity contribution in [2.24, 2.45) is 23.5 Å². The highest BCUT2D eigenvalue weighted by Crippen LogP contribution is 2.47. The Kier molecular flexibility index (Phi) is 3.23. The molecule has 2 aliphatic carbocycles. The molecule has 3 rings (SSSR count). The van der Waals surface area contributed by atoms with E-state index in [2.05, 4.69) is 10.3 Å². The zero-order valence-electron chi connectivity index (χ0n) is 10.9. The van der Waals surface area contributed by atoms with Gasteiger partial charge in [0.05, 0.1) is 17.3 Å². The Morgan fingerprint density at radius 1 is 1.42 bits per heavy atom. The second-order valence-electron chi connectivity index (χ2n) is 5.69. The number of carbonyl (C=O) groups is 1. The molecule has 0 spiro atoms. The molecule has 0 aliphatic heterocycles. The van der Waals surface area contributed by atoms with E-state index in [4.69, 9.17) is 17.3 Å². The summed E-state index contributed by atoms with van der Waals surface area (Å²) in [6.07, 6.45) is 3.42. The minimum atomic E-state index is -0.0474. The van der Waals surface area contributed by atoms with Crippen molar-refractivity contribution in [1.29, 1.82) is 0 Å². The van der Waals surface area contributed by atoms with E-state index in [1.807, 2.05) is 6.92 Å². The SMILES string of the molecule is Cc1nc(Cl)ccc1NC(=O)C1C2CCC(C2)C1N. The third kappa shape index (κ3) is 2.23. The van der Waals surface area contributed by atoms with E-state index in [9.17, 15) is 4.79 Å². The van der Waals surface area contributed by atoms with Crippen molar-refractivity contribution in [3.8, 4) is 0 Å². The summed E-state index contributed by atoms with van der Waals surface area (Å²) in [4.78, 5) is 16.5. The van der Waals surface area contributed by atoms with Crippen LogP contribution in [0.2, 0.25) is 5.15 Å². The lowest BCUT2D eigenvalue weighted by Gasteiger charge is -2.27. The van der Waals surface area contributed by atoms with Crippen LogP contribution in [0.1, 0.15) is 25.0 Å². The molecule has 5 heteroatoms. The van der Waals surface area contributed by atoms with Gasteiger partial charge in [0.15, 0.2) is 0 Å². The van der Waals surface area contributed by atoms with Gasteiger partial charge in [-0.1, -0.05) is 11.6 Å². The van der Waals surface area contributed by atoms with Crippen LogP contribution in [0.15, 0.2) is 12.1 Å². The molecule has 3 N–H and O–H groups in total. The summed E-state index contributed by atoms with van der Waals surface area (Å²) in [5, 5.41) is 3.39. The molecular weight excluding hydrogens is 262 g/mol. The Hall–Kier alpha value is -1.13. The Morgan fingerprint density at radius 2 is 2.16 bits per heavy atom. The number of nitrogens with zero attached hydrogens (tertiary/aromatic N) is 1. The smallest absolute Gasteiger partial charge is 0.229 e. The lowest BCUT2D eigenvalue weighted by molar-refractivity contribution is -0.121. The topological polar surface area (TPSA) is 68.0 Å². The maximum atomic E-state index is 12.4. The third-order valence-corrected chi connectivity index (χ3v) is 4.80. The highest BCUT2D eigenvalue weighted by molar-refractivity contribution is 6.29. The molecule has 4 unspecified atom stereocenters.